The fourth-order valence-corrected chi connectivity index (χ4v) is 3.19. The smallest absolute Gasteiger partial charge is 0.157 e. The van der Waals surface area contributed by atoms with Gasteiger partial charge in [-0.2, -0.15) is 0 Å². The molecule has 0 aromatic heterocycles. The molecule has 0 aromatic carbocycles. The van der Waals surface area contributed by atoms with Crippen LogP contribution in [-0.2, 0) is 9.47 Å². The summed E-state index contributed by atoms with van der Waals surface area (Å²) < 4.78 is 11.1. The minimum absolute atomic E-state index is 0.113. The maximum atomic E-state index is 5.69. The fraction of sp³-hybridized carbons (Fsp3) is 1.00. The van der Waals surface area contributed by atoms with Gasteiger partial charge in [-0.3, -0.25) is 0 Å². The predicted octanol–water partition coefficient (Wildman–Crippen LogP) is 6.62. The summed E-state index contributed by atoms with van der Waals surface area (Å²) in [5.74, 6) is 0. The summed E-state index contributed by atoms with van der Waals surface area (Å²) in [6.45, 7) is 4.07. The molecular weight excluding hydrogens is 272 g/mol. The third-order valence-corrected chi connectivity index (χ3v) is 4.69. The van der Waals surface area contributed by atoms with Crippen LogP contribution in [0.1, 0.15) is 110 Å². The highest BCUT2D eigenvalue weighted by atomic mass is 16.7. The van der Waals surface area contributed by atoms with Gasteiger partial charge in [-0.1, -0.05) is 90.4 Å². The SMILES string of the molecule is CCCCCCCCCCCCCCCCOC1CCCO1. The van der Waals surface area contributed by atoms with Crippen molar-refractivity contribution in [3.05, 3.63) is 0 Å². The molecule has 22 heavy (non-hydrogen) atoms. The molecule has 0 spiro atoms. The minimum atomic E-state index is 0.113. The monoisotopic (exact) mass is 312 g/mol. The second kappa shape index (κ2) is 15.8. The molecule has 0 amide bonds. The zero-order chi connectivity index (χ0) is 15.7. The summed E-state index contributed by atoms with van der Waals surface area (Å²) in [5, 5.41) is 0. The molecule has 132 valence electrons. The zero-order valence-corrected chi connectivity index (χ0v) is 15.1. The molecule has 0 radical (unpaired) electrons. The van der Waals surface area contributed by atoms with E-state index in [1.165, 1.54) is 96.3 Å². The lowest BCUT2D eigenvalue weighted by atomic mass is 10.0. The van der Waals surface area contributed by atoms with Gasteiger partial charge < -0.3 is 9.47 Å². The van der Waals surface area contributed by atoms with Crippen LogP contribution in [0.4, 0.5) is 0 Å². The van der Waals surface area contributed by atoms with E-state index in [1.54, 1.807) is 0 Å². The topological polar surface area (TPSA) is 18.5 Å². The molecule has 0 saturated carbocycles. The van der Waals surface area contributed by atoms with E-state index in [0.29, 0.717) is 0 Å². The maximum absolute atomic E-state index is 5.69. The molecule has 2 heteroatoms. The molecule has 1 aliphatic rings. The first-order valence-electron chi connectivity index (χ1n) is 10.2. The van der Waals surface area contributed by atoms with Crippen molar-refractivity contribution in [1.29, 1.82) is 0 Å². The van der Waals surface area contributed by atoms with Crippen molar-refractivity contribution in [1.82, 2.24) is 0 Å². The van der Waals surface area contributed by atoms with Gasteiger partial charge >= 0.3 is 0 Å². The van der Waals surface area contributed by atoms with Gasteiger partial charge in [0, 0.05) is 19.6 Å². The van der Waals surface area contributed by atoms with Crippen LogP contribution in [0.2, 0.25) is 0 Å². The van der Waals surface area contributed by atoms with Gasteiger partial charge in [-0.25, -0.2) is 0 Å². The van der Waals surface area contributed by atoms with E-state index < -0.39 is 0 Å². The van der Waals surface area contributed by atoms with Crippen molar-refractivity contribution in [2.24, 2.45) is 0 Å². The predicted molar refractivity (Wildman–Crippen MR) is 95.2 cm³/mol. The molecule has 0 bridgehead atoms. The first-order valence-corrected chi connectivity index (χ1v) is 10.2. The molecule has 0 aliphatic carbocycles. The van der Waals surface area contributed by atoms with Gasteiger partial charge in [-0.15, -0.1) is 0 Å². The van der Waals surface area contributed by atoms with Crippen LogP contribution in [0, 0.1) is 0 Å². The molecule has 1 rings (SSSR count). The van der Waals surface area contributed by atoms with Crippen molar-refractivity contribution in [3.63, 3.8) is 0 Å². The Bertz CT molecular complexity index is 212. The Morgan fingerprint density at radius 1 is 0.727 bits per heavy atom. The number of hydrogen-bond donors (Lipinski definition) is 0. The summed E-state index contributed by atoms with van der Waals surface area (Å²) >= 11 is 0. The van der Waals surface area contributed by atoms with Crippen molar-refractivity contribution in [2.75, 3.05) is 13.2 Å². The Kier molecular flexibility index (Phi) is 14.3. The quantitative estimate of drug-likeness (QED) is 0.298. The fourth-order valence-electron chi connectivity index (χ4n) is 3.19. The lowest BCUT2D eigenvalue weighted by Gasteiger charge is -2.10. The first-order chi connectivity index (χ1) is 10.9. The third kappa shape index (κ3) is 12.5. The highest BCUT2D eigenvalue weighted by Crippen LogP contribution is 2.15. The minimum Gasteiger partial charge on any atom is -0.353 e. The van der Waals surface area contributed by atoms with Crippen LogP contribution in [0.5, 0.6) is 0 Å². The van der Waals surface area contributed by atoms with Crippen molar-refractivity contribution in [2.45, 2.75) is 116 Å². The van der Waals surface area contributed by atoms with E-state index in [1.807, 2.05) is 0 Å². The van der Waals surface area contributed by atoms with E-state index >= 15 is 0 Å². The Morgan fingerprint density at radius 3 is 1.68 bits per heavy atom. The number of hydrogen-bond acceptors (Lipinski definition) is 2. The van der Waals surface area contributed by atoms with E-state index in [0.717, 1.165) is 19.6 Å². The molecule has 1 unspecified atom stereocenters. The van der Waals surface area contributed by atoms with E-state index in [2.05, 4.69) is 6.92 Å². The van der Waals surface area contributed by atoms with Crippen LogP contribution < -0.4 is 0 Å². The van der Waals surface area contributed by atoms with E-state index in [-0.39, 0.29) is 6.29 Å². The van der Waals surface area contributed by atoms with Crippen molar-refractivity contribution >= 4 is 0 Å². The summed E-state index contributed by atoms with van der Waals surface area (Å²) in [5.41, 5.74) is 0. The molecule has 1 fully saturated rings. The second-order valence-electron chi connectivity index (χ2n) is 6.91. The van der Waals surface area contributed by atoms with Gasteiger partial charge in [0.2, 0.25) is 0 Å². The summed E-state index contributed by atoms with van der Waals surface area (Å²) in [6, 6.07) is 0. The van der Waals surface area contributed by atoms with Crippen LogP contribution >= 0.6 is 0 Å². The lowest BCUT2D eigenvalue weighted by Crippen LogP contribution is -2.11. The first kappa shape index (κ1) is 20.0. The van der Waals surface area contributed by atoms with E-state index in [4.69, 9.17) is 9.47 Å². The van der Waals surface area contributed by atoms with Gasteiger partial charge in [0.1, 0.15) is 0 Å². The molecular formula is C20H40O2. The molecule has 0 N–H and O–H groups in total. The number of ether oxygens (including phenoxy) is 2. The Morgan fingerprint density at radius 2 is 1.23 bits per heavy atom. The Balaban J connectivity index is 1.64. The highest BCUT2D eigenvalue weighted by Gasteiger charge is 2.14. The Hall–Kier alpha value is -0.0800. The number of rotatable bonds is 16. The summed E-state index contributed by atoms with van der Waals surface area (Å²) in [7, 11) is 0. The molecule has 1 atom stereocenters. The molecule has 1 saturated heterocycles. The van der Waals surface area contributed by atoms with Crippen molar-refractivity contribution < 1.29 is 9.47 Å². The summed E-state index contributed by atoms with van der Waals surface area (Å²) in [6.07, 6.45) is 22.1. The normalized spacial score (nSPS) is 18.1. The van der Waals surface area contributed by atoms with Gasteiger partial charge in [0.15, 0.2) is 6.29 Å². The van der Waals surface area contributed by atoms with Gasteiger partial charge in [-0.05, 0) is 12.8 Å². The van der Waals surface area contributed by atoms with Crippen LogP contribution in [-0.4, -0.2) is 19.5 Å². The molecule has 1 heterocycles. The second-order valence-corrected chi connectivity index (χ2v) is 6.91. The molecule has 1 aliphatic heterocycles. The standard InChI is InChI=1S/C20H40O2/c1-2-3-4-5-6-7-8-9-10-11-12-13-14-15-18-21-20-17-16-19-22-20/h20H,2-19H2,1H3. The third-order valence-electron chi connectivity index (χ3n) is 4.69. The molecule has 0 aromatic rings. The lowest BCUT2D eigenvalue weighted by molar-refractivity contribution is -0.111. The largest absolute Gasteiger partial charge is 0.353 e. The Labute approximate surface area is 139 Å². The number of unbranched alkanes of at least 4 members (excludes halogenated alkanes) is 13. The van der Waals surface area contributed by atoms with Gasteiger partial charge in [0.25, 0.3) is 0 Å². The van der Waals surface area contributed by atoms with Crippen LogP contribution in [0.25, 0.3) is 0 Å². The summed E-state index contributed by atoms with van der Waals surface area (Å²) in [4.78, 5) is 0. The van der Waals surface area contributed by atoms with Gasteiger partial charge in [0.05, 0.1) is 0 Å². The zero-order valence-electron chi connectivity index (χ0n) is 15.1. The van der Waals surface area contributed by atoms with Crippen LogP contribution in [0.3, 0.4) is 0 Å². The highest BCUT2D eigenvalue weighted by molar-refractivity contribution is 4.54. The van der Waals surface area contributed by atoms with E-state index in [9.17, 15) is 0 Å². The average molecular weight is 313 g/mol. The maximum Gasteiger partial charge on any atom is 0.157 e. The average Bonchev–Trinajstić information content (AvgIpc) is 3.04. The van der Waals surface area contributed by atoms with Crippen LogP contribution in [0.15, 0.2) is 0 Å². The molecule has 2 nitrogen and oxygen atoms in total. The van der Waals surface area contributed by atoms with Crippen molar-refractivity contribution in [3.8, 4) is 0 Å².